The summed E-state index contributed by atoms with van der Waals surface area (Å²) in [5, 5.41) is 3.08. The van der Waals surface area contributed by atoms with Gasteiger partial charge in [0.2, 0.25) is 0 Å². The van der Waals surface area contributed by atoms with Crippen LogP contribution in [0.2, 0.25) is 0 Å². The summed E-state index contributed by atoms with van der Waals surface area (Å²) in [6.07, 6.45) is 0. The second-order valence-electron chi connectivity index (χ2n) is 2.68. The van der Waals surface area contributed by atoms with Crippen molar-refractivity contribution in [3.63, 3.8) is 0 Å². The number of nitrogens with one attached hydrogen (secondary N) is 1. The Labute approximate surface area is 101 Å². The van der Waals surface area contributed by atoms with Crippen LogP contribution in [0.1, 0.15) is 10.4 Å². The first kappa shape index (κ1) is 11.5. The quantitative estimate of drug-likeness (QED) is 0.852. The zero-order chi connectivity index (χ0) is 10.6. The fourth-order valence-corrected chi connectivity index (χ4v) is 1.62. The molecule has 0 saturated carbocycles. The van der Waals surface area contributed by atoms with Gasteiger partial charge in [0.1, 0.15) is 0 Å². The highest BCUT2D eigenvalue weighted by atomic mass is 127. The van der Waals surface area contributed by atoms with Crippen LogP contribution in [0.15, 0.2) is 35.9 Å². The molecule has 0 spiro atoms. The highest BCUT2D eigenvalue weighted by molar-refractivity contribution is 14.1. The summed E-state index contributed by atoms with van der Waals surface area (Å²) in [5.74, 6) is -0.128. The van der Waals surface area contributed by atoms with E-state index in [4.69, 9.17) is 11.6 Å². The number of carbonyl (C=O) groups is 1. The summed E-state index contributed by atoms with van der Waals surface area (Å²) in [6.45, 7) is 3.79. The molecular weight excluding hydrogens is 312 g/mol. The molecule has 0 aliphatic rings. The van der Waals surface area contributed by atoms with Crippen LogP contribution in [0.5, 0.6) is 0 Å². The lowest BCUT2D eigenvalue weighted by Gasteiger charge is -2.05. The van der Waals surface area contributed by atoms with E-state index in [0.29, 0.717) is 17.1 Å². The maximum atomic E-state index is 11.6. The molecule has 0 aliphatic heterocycles. The minimum Gasteiger partial charge on any atom is -0.347 e. The minimum atomic E-state index is -0.128. The smallest absolute Gasteiger partial charge is 0.252 e. The van der Waals surface area contributed by atoms with Gasteiger partial charge in [-0.2, -0.15) is 0 Å². The van der Waals surface area contributed by atoms with Crippen molar-refractivity contribution in [3.8, 4) is 0 Å². The number of rotatable bonds is 3. The molecule has 1 aromatic rings. The van der Waals surface area contributed by atoms with E-state index in [1.165, 1.54) is 0 Å². The summed E-state index contributed by atoms with van der Waals surface area (Å²) in [7, 11) is 0. The van der Waals surface area contributed by atoms with Gasteiger partial charge in [-0.05, 0) is 34.7 Å². The molecule has 0 radical (unpaired) electrons. The molecule has 0 fully saturated rings. The van der Waals surface area contributed by atoms with Gasteiger partial charge in [-0.3, -0.25) is 4.79 Å². The first-order chi connectivity index (χ1) is 6.61. The van der Waals surface area contributed by atoms with Gasteiger partial charge in [-0.1, -0.05) is 30.3 Å². The third-order valence-corrected chi connectivity index (χ3v) is 2.63. The number of carbonyl (C=O) groups excluding carboxylic acids is 1. The van der Waals surface area contributed by atoms with E-state index in [0.717, 1.165) is 3.57 Å². The molecule has 74 valence electrons. The van der Waals surface area contributed by atoms with Crippen LogP contribution in [-0.4, -0.2) is 12.5 Å². The average Bonchev–Trinajstić information content (AvgIpc) is 2.15. The molecule has 1 N–H and O–H groups in total. The number of hydrogen-bond donors (Lipinski definition) is 1. The van der Waals surface area contributed by atoms with Crippen LogP contribution in [0.4, 0.5) is 0 Å². The topological polar surface area (TPSA) is 29.1 Å². The second kappa shape index (κ2) is 5.36. The summed E-state index contributed by atoms with van der Waals surface area (Å²) >= 11 is 7.65. The normalized spacial score (nSPS) is 9.57. The van der Waals surface area contributed by atoms with Crippen LogP contribution in [-0.2, 0) is 0 Å². The summed E-state index contributed by atoms with van der Waals surface area (Å²) in [4.78, 5) is 11.6. The Balaban J connectivity index is 2.70. The summed E-state index contributed by atoms with van der Waals surface area (Å²) < 4.78 is 0.919. The predicted octanol–water partition coefficient (Wildman–Crippen LogP) is 2.77. The van der Waals surface area contributed by atoms with Crippen molar-refractivity contribution in [2.45, 2.75) is 0 Å². The molecule has 1 rings (SSSR count). The molecule has 0 aromatic heterocycles. The molecule has 0 atom stereocenters. The van der Waals surface area contributed by atoms with Crippen LogP contribution in [0, 0.1) is 3.57 Å². The van der Waals surface area contributed by atoms with Crippen molar-refractivity contribution < 1.29 is 4.79 Å². The van der Waals surface area contributed by atoms with Gasteiger partial charge < -0.3 is 5.32 Å². The van der Waals surface area contributed by atoms with Crippen LogP contribution in [0.25, 0.3) is 0 Å². The number of amides is 1. The van der Waals surface area contributed by atoms with Gasteiger partial charge >= 0.3 is 0 Å². The Bertz CT molecular complexity index is 365. The third kappa shape index (κ3) is 3.31. The molecule has 0 bridgehead atoms. The van der Waals surface area contributed by atoms with Crippen molar-refractivity contribution in [3.05, 3.63) is 45.0 Å². The number of hydrogen-bond acceptors (Lipinski definition) is 1. The van der Waals surface area contributed by atoms with E-state index in [1.54, 1.807) is 6.07 Å². The highest BCUT2D eigenvalue weighted by Gasteiger charge is 2.07. The number of halogens is 2. The first-order valence-corrected chi connectivity index (χ1v) is 5.43. The van der Waals surface area contributed by atoms with Crippen LogP contribution >= 0.6 is 34.2 Å². The molecule has 1 aromatic carbocycles. The highest BCUT2D eigenvalue weighted by Crippen LogP contribution is 2.11. The maximum absolute atomic E-state index is 11.6. The summed E-state index contributed by atoms with van der Waals surface area (Å²) in [5.41, 5.74) is 0.658. The Kier molecular flexibility index (Phi) is 4.41. The van der Waals surface area contributed by atoms with E-state index >= 15 is 0 Å². The van der Waals surface area contributed by atoms with E-state index in [1.807, 2.05) is 18.2 Å². The largest absolute Gasteiger partial charge is 0.347 e. The fourth-order valence-electron chi connectivity index (χ4n) is 0.917. The van der Waals surface area contributed by atoms with E-state index in [2.05, 4.69) is 34.5 Å². The van der Waals surface area contributed by atoms with Gasteiger partial charge in [-0.25, -0.2) is 0 Å². The third-order valence-electron chi connectivity index (χ3n) is 1.56. The van der Waals surface area contributed by atoms with Gasteiger partial charge in [0.05, 0.1) is 12.1 Å². The van der Waals surface area contributed by atoms with Gasteiger partial charge in [0.15, 0.2) is 0 Å². The standard InChI is InChI=1S/C10H9ClINO/c1-7(11)6-13-10(14)8-4-2-3-5-9(8)12/h2-5H,1,6H2,(H,13,14). The van der Waals surface area contributed by atoms with Crippen molar-refractivity contribution in [1.29, 1.82) is 0 Å². The molecule has 0 unspecified atom stereocenters. The van der Waals surface area contributed by atoms with Crippen LogP contribution in [0.3, 0.4) is 0 Å². The van der Waals surface area contributed by atoms with Crippen molar-refractivity contribution in [2.24, 2.45) is 0 Å². The van der Waals surface area contributed by atoms with Crippen LogP contribution < -0.4 is 5.32 Å². The SMILES string of the molecule is C=C(Cl)CNC(=O)c1ccccc1I. The summed E-state index contributed by atoms with van der Waals surface area (Å²) in [6, 6.07) is 7.37. The van der Waals surface area contributed by atoms with Crippen molar-refractivity contribution in [2.75, 3.05) is 6.54 Å². The predicted molar refractivity (Wildman–Crippen MR) is 66.5 cm³/mol. The van der Waals surface area contributed by atoms with Crippen molar-refractivity contribution in [1.82, 2.24) is 5.32 Å². The molecular formula is C10H9ClINO. The zero-order valence-electron chi connectivity index (χ0n) is 7.39. The molecule has 0 saturated heterocycles. The molecule has 14 heavy (non-hydrogen) atoms. The lowest BCUT2D eigenvalue weighted by Crippen LogP contribution is -2.25. The Morgan fingerprint density at radius 1 is 1.50 bits per heavy atom. The minimum absolute atomic E-state index is 0.128. The zero-order valence-corrected chi connectivity index (χ0v) is 10.3. The molecule has 4 heteroatoms. The molecule has 0 heterocycles. The van der Waals surface area contributed by atoms with E-state index in [-0.39, 0.29) is 5.91 Å². The average molecular weight is 322 g/mol. The lowest BCUT2D eigenvalue weighted by molar-refractivity contribution is 0.0957. The Hall–Kier alpha value is -0.550. The fraction of sp³-hybridized carbons (Fsp3) is 0.100. The Morgan fingerprint density at radius 2 is 2.14 bits per heavy atom. The second-order valence-corrected chi connectivity index (χ2v) is 4.38. The monoisotopic (exact) mass is 321 g/mol. The maximum Gasteiger partial charge on any atom is 0.252 e. The van der Waals surface area contributed by atoms with Crippen molar-refractivity contribution >= 4 is 40.1 Å². The molecule has 1 amide bonds. The van der Waals surface area contributed by atoms with Gasteiger partial charge in [-0.15, -0.1) is 0 Å². The van der Waals surface area contributed by atoms with E-state index < -0.39 is 0 Å². The lowest BCUT2D eigenvalue weighted by atomic mass is 10.2. The number of benzene rings is 1. The molecule has 0 aliphatic carbocycles. The Morgan fingerprint density at radius 3 is 2.71 bits per heavy atom. The van der Waals surface area contributed by atoms with Gasteiger partial charge in [0.25, 0.3) is 5.91 Å². The van der Waals surface area contributed by atoms with E-state index in [9.17, 15) is 4.79 Å². The molecule has 2 nitrogen and oxygen atoms in total. The van der Waals surface area contributed by atoms with Gasteiger partial charge in [0, 0.05) is 8.60 Å². The first-order valence-electron chi connectivity index (χ1n) is 3.97.